The zero-order valence-corrected chi connectivity index (χ0v) is 14.6. The van der Waals surface area contributed by atoms with E-state index in [9.17, 15) is 9.59 Å². The molecule has 1 fully saturated rings. The molecule has 6 nitrogen and oxygen atoms in total. The molecule has 0 unspecified atom stereocenters. The van der Waals surface area contributed by atoms with Crippen molar-refractivity contribution in [3.05, 3.63) is 24.3 Å². The third kappa shape index (κ3) is 2.86. The quantitative estimate of drug-likeness (QED) is 0.886. The van der Waals surface area contributed by atoms with Gasteiger partial charge in [0.1, 0.15) is 5.54 Å². The lowest BCUT2D eigenvalue weighted by Gasteiger charge is -2.45. The van der Waals surface area contributed by atoms with Gasteiger partial charge in [-0.15, -0.1) is 0 Å². The molecule has 1 atom stereocenters. The number of rotatable bonds is 3. The van der Waals surface area contributed by atoms with E-state index in [0.717, 1.165) is 17.9 Å². The molecule has 0 aliphatic carbocycles. The van der Waals surface area contributed by atoms with Crippen LogP contribution in [0.5, 0.6) is 0 Å². The number of hydrogen-bond acceptors (Lipinski definition) is 4. The molecule has 130 valence electrons. The van der Waals surface area contributed by atoms with Crippen molar-refractivity contribution in [2.75, 3.05) is 37.3 Å². The van der Waals surface area contributed by atoms with E-state index in [1.54, 1.807) is 0 Å². The zero-order valence-electron chi connectivity index (χ0n) is 14.6. The number of nitrogens with one attached hydrogen (secondary N) is 2. The molecule has 1 aromatic rings. The molecule has 24 heavy (non-hydrogen) atoms. The second-order valence-electron chi connectivity index (χ2n) is 6.78. The summed E-state index contributed by atoms with van der Waals surface area (Å²) in [6.07, 6.45) is 1.25. The Hall–Kier alpha value is -2.08. The SMILES string of the molecule is CCN(C)[C@@H](C)C(=O)N1CCC2(CC1)Nc1ccccc1NC2=O. The van der Waals surface area contributed by atoms with Crippen molar-refractivity contribution in [2.45, 2.75) is 38.3 Å². The largest absolute Gasteiger partial charge is 0.369 e. The molecule has 0 aromatic heterocycles. The van der Waals surface area contributed by atoms with Crippen LogP contribution < -0.4 is 10.6 Å². The number of carbonyl (C=O) groups is 2. The van der Waals surface area contributed by atoms with E-state index in [4.69, 9.17) is 0 Å². The number of amides is 2. The Morgan fingerprint density at radius 1 is 1.29 bits per heavy atom. The highest BCUT2D eigenvalue weighted by Crippen LogP contribution is 2.36. The van der Waals surface area contributed by atoms with Gasteiger partial charge in [0.15, 0.2) is 0 Å². The van der Waals surface area contributed by atoms with E-state index >= 15 is 0 Å². The van der Waals surface area contributed by atoms with Crippen LogP contribution in [0.1, 0.15) is 26.7 Å². The molecule has 0 bridgehead atoms. The molecule has 2 heterocycles. The van der Waals surface area contributed by atoms with Crippen molar-refractivity contribution in [1.82, 2.24) is 9.80 Å². The molecule has 1 spiro atoms. The molecule has 2 N–H and O–H groups in total. The first-order valence-electron chi connectivity index (χ1n) is 8.64. The van der Waals surface area contributed by atoms with Crippen molar-refractivity contribution < 1.29 is 9.59 Å². The Morgan fingerprint density at radius 3 is 2.54 bits per heavy atom. The first kappa shape index (κ1) is 16.8. The van der Waals surface area contributed by atoms with Crippen molar-refractivity contribution >= 4 is 23.2 Å². The molecule has 0 radical (unpaired) electrons. The zero-order chi connectivity index (χ0) is 17.3. The van der Waals surface area contributed by atoms with E-state index in [1.165, 1.54) is 0 Å². The molecule has 2 aliphatic heterocycles. The van der Waals surface area contributed by atoms with Gasteiger partial charge >= 0.3 is 0 Å². The Labute approximate surface area is 143 Å². The number of carbonyl (C=O) groups excluding carboxylic acids is 2. The number of likely N-dealkylation sites (tertiary alicyclic amines) is 1. The molecular weight excluding hydrogens is 304 g/mol. The van der Waals surface area contributed by atoms with E-state index < -0.39 is 5.54 Å². The Bertz CT molecular complexity index is 638. The second-order valence-corrected chi connectivity index (χ2v) is 6.78. The first-order chi connectivity index (χ1) is 11.5. The van der Waals surface area contributed by atoms with Crippen molar-refractivity contribution in [2.24, 2.45) is 0 Å². The lowest BCUT2D eigenvalue weighted by atomic mass is 9.84. The molecule has 1 saturated heterocycles. The first-order valence-corrected chi connectivity index (χ1v) is 8.64. The minimum absolute atomic E-state index is 0.00650. The lowest BCUT2D eigenvalue weighted by molar-refractivity contribution is -0.138. The number of likely N-dealkylation sites (N-methyl/N-ethyl adjacent to an activating group) is 1. The fraction of sp³-hybridized carbons (Fsp3) is 0.556. The normalized spacial score (nSPS) is 20.3. The van der Waals surface area contributed by atoms with Crippen molar-refractivity contribution in [3.63, 3.8) is 0 Å². The van der Waals surface area contributed by atoms with Gasteiger partial charge in [0.05, 0.1) is 17.4 Å². The Kier molecular flexibility index (Phi) is 4.49. The van der Waals surface area contributed by atoms with Crippen LogP contribution in [-0.2, 0) is 9.59 Å². The maximum absolute atomic E-state index is 12.6. The molecule has 1 aromatic carbocycles. The molecule has 6 heteroatoms. The smallest absolute Gasteiger partial charge is 0.250 e. The second kappa shape index (κ2) is 6.43. The van der Waals surface area contributed by atoms with Gasteiger partial charge in [-0.1, -0.05) is 19.1 Å². The number of benzene rings is 1. The maximum Gasteiger partial charge on any atom is 0.250 e. The number of nitrogens with zero attached hydrogens (tertiary/aromatic N) is 2. The number of fused-ring (bicyclic) bond motifs is 1. The van der Waals surface area contributed by atoms with Crippen LogP contribution >= 0.6 is 0 Å². The molecular formula is C18H26N4O2. The fourth-order valence-electron chi connectivity index (χ4n) is 3.45. The average Bonchev–Trinajstić information content (AvgIpc) is 2.61. The van der Waals surface area contributed by atoms with Gasteiger partial charge in [-0.3, -0.25) is 14.5 Å². The van der Waals surface area contributed by atoms with E-state index in [-0.39, 0.29) is 17.9 Å². The topological polar surface area (TPSA) is 64.7 Å². The average molecular weight is 330 g/mol. The van der Waals surface area contributed by atoms with Gasteiger partial charge in [-0.2, -0.15) is 0 Å². The van der Waals surface area contributed by atoms with E-state index in [2.05, 4.69) is 10.6 Å². The summed E-state index contributed by atoms with van der Waals surface area (Å²) in [5.74, 6) is 0.151. The van der Waals surface area contributed by atoms with Gasteiger partial charge in [-0.25, -0.2) is 0 Å². The van der Waals surface area contributed by atoms with Gasteiger partial charge in [0, 0.05) is 13.1 Å². The summed E-state index contributed by atoms with van der Waals surface area (Å²) >= 11 is 0. The summed E-state index contributed by atoms with van der Waals surface area (Å²) in [4.78, 5) is 29.1. The summed E-state index contributed by atoms with van der Waals surface area (Å²) in [5.41, 5.74) is 1.17. The third-order valence-corrected chi connectivity index (χ3v) is 5.43. The molecule has 2 amide bonds. The van der Waals surface area contributed by atoms with Crippen LogP contribution in [0.15, 0.2) is 24.3 Å². The standard InChI is InChI=1S/C18H26N4O2/c1-4-21(3)13(2)16(23)22-11-9-18(10-12-22)17(24)19-14-7-5-6-8-15(14)20-18/h5-8,13,20H,4,9-12H2,1-3H3,(H,19,24)/t13-/m0/s1. The maximum atomic E-state index is 12.6. The number of para-hydroxylation sites is 2. The fourth-order valence-corrected chi connectivity index (χ4v) is 3.45. The highest BCUT2D eigenvalue weighted by molar-refractivity contribution is 6.06. The summed E-state index contributed by atoms with van der Waals surface area (Å²) in [6.45, 7) is 6.03. The van der Waals surface area contributed by atoms with Crippen LogP contribution in [0.2, 0.25) is 0 Å². The molecule has 3 rings (SSSR count). The van der Waals surface area contributed by atoms with Crippen LogP contribution in [0.4, 0.5) is 11.4 Å². The summed E-state index contributed by atoms with van der Waals surface area (Å²) in [6, 6.07) is 7.61. The van der Waals surface area contributed by atoms with Crippen LogP contribution in [-0.4, -0.2) is 59.9 Å². The minimum Gasteiger partial charge on any atom is -0.369 e. The summed E-state index contributed by atoms with van der Waals surface area (Å²) in [5, 5.41) is 6.43. The summed E-state index contributed by atoms with van der Waals surface area (Å²) < 4.78 is 0. The van der Waals surface area contributed by atoms with Gasteiger partial charge in [0.25, 0.3) is 0 Å². The van der Waals surface area contributed by atoms with E-state index in [0.29, 0.717) is 25.9 Å². The Balaban J connectivity index is 1.69. The van der Waals surface area contributed by atoms with Gasteiger partial charge < -0.3 is 15.5 Å². The predicted molar refractivity (Wildman–Crippen MR) is 95.0 cm³/mol. The predicted octanol–water partition coefficient (Wildman–Crippen LogP) is 1.75. The van der Waals surface area contributed by atoms with Gasteiger partial charge in [-0.05, 0) is 45.5 Å². The lowest BCUT2D eigenvalue weighted by Crippen LogP contribution is -2.60. The highest BCUT2D eigenvalue weighted by atomic mass is 16.2. The van der Waals surface area contributed by atoms with Gasteiger partial charge in [0.2, 0.25) is 11.8 Å². The Morgan fingerprint density at radius 2 is 1.92 bits per heavy atom. The number of anilines is 2. The summed E-state index contributed by atoms with van der Waals surface area (Å²) in [7, 11) is 1.96. The molecule has 0 saturated carbocycles. The third-order valence-electron chi connectivity index (χ3n) is 5.43. The van der Waals surface area contributed by atoms with Crippen molar-refractivity contribution in [1.29, 1.82) is 0 Å². The van der Waals surface area contributed by atoms with Crippen LogP contribution in [0.3, 0.4) is 0 Å². The monoisotopic (exact) mass is 330 g/mol. The number of hydrogen-bond donors (Lipinski definition) is 2. The minimum atomic E-state index is -0.606. The van der Waals surface area contributed by atoms with E-state index in [1.807, 2.05) is 55.0 Å². The molecule has 2 aliphatic rings. The van der Waals surface area contributed by atoms with Crippen LogP contribution in [0.25, 0.3) is 0 Å². The van der Waals surface area contributed by atoms with Crippen molar-refractivity contribution in [3.8, 4) is 0 Å². The number of piperidine rings is 1. The highest BCUT2D eigenvalue weighted by Gasteiger charge is 2.45. The van der Waals surface area contributed by atoms with Crippen LogP contribution in [0, 0.1) is 0 Å².